The second-order valence-electron chi connectivity index (χ2n) is 7.02. The van der Waals surface area contributed by atoms with Gasteiger partial charge < -0.3 is 20.7 Å². The van der Waals surface area contributed by atoms with Gasteiger partial charge >= 0.3 is 6.18 Å². The number of halogens is 3. The Bertz CT molecular complexity index is 826. The zero-order valence-electron chi connectivity index (χ0n) is 15.7. The molecule has 1 saturated heterocycles. The molecule has 3 N–H and O–H groups in total. The molecule has 1 atom stereocenters. The Morgan fingerprint density at radius 1 is 1.34 bits per heavy atom. The number of ether oxygens (including phenoxy) is 1. The van der Waals surface area contributed by atoms with Crippen LogP contribution in [0.2, 0.25) is 0 Å². The number of anilines is 2. The zero-order chi connectivity index (χ0) is 21.3. The average Bonchev–Trinajstić information content (AvgIpc) is 3.46. The number of rotatable bonds is 6. The summed E-state index contributed by atoms with van der Waals surface area (Å²) in [7, 11) is 1.57. The summed E-state index contributed by atoms with van der Waals surface area (Å²) in [4.78, 5) is 38.7. The number of amides is 3. The molecule has 3 amide bonds. The van der Waals surface area contributed by atoms with E-state index < -0.39 is 35.5 Å². The molecule has 8 nitrogen and oxygen atoms in total. The van der Waals surface area contributed by atoms with Crippen molar-refractivity contribution >= 4 is 29.1 Å². The van der Waals surface area contributed by atoms with Crippen LogP contribution in [-0.4, -0.2) is 61.5 Å². The topological polar surface area (TPSA) is 105 Å². The number of nitrogens with one attached hydrogen (secondary N) is 1. The molecular formula is C18H21F3N4O4. The number of alkyl halides is 3. The van der Waals surface area contributed by atoms with Gasteiger partial charge in [-0.25, -0.2) is 0 Å². The van der Waals surface area contributed by atoms with Gasteiger partial charge in [0.2, 0.25) is 5.91 Å². The molecule has 2 fully saturated rings. The van der Waals surface area contributed by atoms with E-state index in [0.717, 1.165) is 29.9 Å². The third-order valence-corrected chi connectivity index (χ3v) is 4.89. The Morgan fingerprint density at radius 2 is 2.03 bits per heavy atom. The number of carbonyl (C=O) groups is 3. The second kappa shape index (κ2) is 7.99. The fraction of sp³-hybridized carbons (Fsp3) is 0.500. The number of morpholine rings is 1. The first kappa shape index (κ1) is 21.1. The van der Waals surface area contributed by atoms with Crippen LogP contribution < -0.4 is 16.0 Å². The Morgan fingerprint density at radius 3 is 2.59 bits per heavy atom. The van der Waals surface area contributed by atoms with Crippen molar-refractivity contribution in [3.63, 3.8) is 0 Å². The van der Waals surface area contributed by atoms with E-state index in [9.17, 15) is 27.6 Å². The van der Waals surface area contributed by atoms with Crippen LogP contribution in [0.25, 0.3) is 0 Å². The maximum atomic E-state index is 13.6. The van der Waals surface area contributed by atoms with Gasteiger partial charge in [-0.2, -0.15) is 13.2 Å². The molecule has 1 saturated carbocycles. The number of benzene rings is 1. The molecular weight excluding hydrogens is 393 g/mol. The SMILES string of the molecule is CN(C1CC1)[C@@H](C(N)=O)C(=O)Nc1ccc(N2CCOCC2=O)c(C(F)(F)F)c1. The summed E-state index contributed by atoms with van der Waals surface area (Å²) in [6, 6.07) is 1.85. The van der Waals surface area contributed by atoms with Crippen molar-refractivity contribution in [3.05, 3.63) is 23.8 Å². The van der Waals surface area contributed by atoms with Gasteiger partial charge in [0.15, 0.2) is 6.04 Å². The fourth-order valence-electron chi connectivity index (χ4n) is 3.27. The summed E-state index contributed by atoms with van der Waals surface area (Å²) in [5.41, 5.74) is 3.78. The van der Waals surface area contributed by atoms with Gasteiger partial charge in [-0.15, -0.1) is 0 Å². The predicted octanol–water partition coefficient (Wildman–Crippen LogP) is 0.955. The highest BCUT2D eigenvalue weighted by Crippen LogP contribution is 2.39. The molecule has 158 valence electrons. The van der Waals surface area contributed by atoms with Crippen LogP contribution >= 0.6 is 0 Å². The molecule has 1 heterocycles. The Kier molecular flexibility index (Phi) is 5.80. The molecule has 3 rings (SSSR count). The summed E-state index contributed by atoms with van der Waals surface area (Å²) in [6.45, 7) is -0.192. The maximum Gasteiger partial charge on any atom is 0.418 e. The van der Waals surface area contributed by atoms with Gasteiger partial charge in [-0.3, -0.25) is 19.3 Å². The lowest BCUT2D eigenvalue weighted by Crippen LogP contribution is -2.51. The Balaban J connectivity index is 1.87. The van der Waals surface area contributed by atoms with Crippen molar-refractivity contribution in [2.45, 2.75) is 31.1 Å². The van der Waals surface area contributed by atoms with E-state index in [2.05, 4.69) is 5.32 Å². The number of hydrogen-bond acceptors (Lipinski definition) is 5. The first-order valence-corrected chi connectivity index (χ1v) is 9.01. The number of hydrogen-bond donors (Lipinski definition) is 2. The third-order valence-electron chi connectivity index (χ3n) is 4.89. The quantitative estimate of drug-likeness (QED) is 0.675. The lowest BCUT2D eigenvalue weighted by atomic mass is 10.1. The van der Waals surface area contributed by atoms with Crippen LogP contribution in [0.1, 0.15) is 18.4 Å². The Hall–Kier alpha value is -2.66. The van der Waals surface area contributed by atoms with Gasteiger partial charge in [0.1, 0.15) is 6.61 Å². The van der Waals surface area contributed by atoms with Gasteiger partial charge in [-0.05, 0) is 38.1 Å². The summed E-state index contributed by atoms with van der Waals surface area (Å²) < 4.78 is 45.8. The molecule has 1 aromatic carbocycles. The second-order valence-corrected chi connectivity index (χ2v) is 7.02. The smallest absolute Gasteiger partial charge is 0.370 e. The fourth-order valence-corrected chi connectivity index (χ4v) is 3.27. The van der Waals surface area contributed by atoms with Crippen LogP contribution in [0.4, 0.5) is 24.5 Å². The Labute approximate surface area is 164 Å². The molecule has 1 aliphatic carbocycles. The standard InChI is InChI=1S/C18H21F3N4O4/c1-24(11-3-4-11)15(16(22)27)17(28)23-10-2-5-13(12(8-10)18(19,20)21)25-6-7-29-9-14(25)26/h2,5,8,11,15H,3-4,6-7,9H2,1H3,(H2,22,27)(H,23,28)/t15-/m0/s1. The number of likely N-dealkylation sites (N-methyl/N-ethyl adjacent to an activating group) is 1. The summed E-state index contributed by atoms with van der Waals surface area (Å²) in [6.07, 6.45) is -3.13. The average molecular weight is 414 g/mol. The highest BCUT2D eigenvalue weighted by Gasteiger charge is 2.39. The first-order valence-electron chi connectivity index (χ1n) is 9.01. The van der Waals surface area contributed by atoms with E-state index >= 15 is 0 Å². The minimum absolute atomic E-state index is 0.0104. The lowest BCUT2D eigenvalue weighted by Gasteiger charge is -2.29. The normalized spacial score (nSPS) is 18.7. The van der Waals surface area contributed by atoms with Gasteiger partial charge in [0, 0.05) is 18.3 Å². The molecule has 1 aromatic rings. The maximum absolute atomic E-state index is 13.6. The van der Waals surface area contributed by atoms with Crippen molar-refractivity contribution in [3.8, 4) is 0 Å². The predicted molar refractivity (Wildman–Crippen MR) is 97.0 cm³/mol. The molecule has 1 aliphatic heterocycles. The molecule has 0 radical (unpaired) electrons. The minimum atomic E-state index is -4.76. The van der Waals surface area contributed by atoms with E-state index in [1.54, 1.807) is 7.05 Å². The molecule has 0 bridgehead atoms. The van der Waals surface area contributed by atoms with E-state index in [-0.39, 0.29) is 37.2 Å². The van der Waals surface area contributed by atoms with Crippen LogP contribution in [0, 0.1) is 0 Å². The van der Waals surface area contributed by atoms with E-state index in [4.69, 9.17) is 10.5 Å². The van der Waals surface area contributed by atoms with Crippen molar-refractivity contribution in [2.24, 2.45) is 5.73 Å². The van der Waals surface area contributed by atoms with Crippen molar-refractivity contribution in [1.29, 1.82) is 0 Å². The van der Waals surface area contributed by atoms with Crippen LogP contribution in [-0.2, 0) is 25.3 Å². The van der Waals surface area contributed by atoms with Gasteiger partial charge in [0.05, 0.1) is 17.9 Å². The summed E-state index contributed by atoms with van der Waals surface area (Å²) >= 11 is 0. The van der Waals surface area contributed by atoms with Crippen molar-refractivity contribution in [1.82, 2.24) is 4.90 Å². The number of nitrogens with two attached hydrogens (primary N) is 1. The highest BCUT2D eigenvalue weighted by molar-refractivity contribution is 6.09. The largest absolute Gasteiger partial charge is 0.418 e. The molecule has 2 aliphatic rings. The van der Waals surface area contributed by atoms with E-state index in [1.807, 2.05) is 0 Å². The summed E-state index contributed by atoms with van der Waals surface area (Å²) in [5, 5.41) is 2.33. The van der Waals surface area contributed by atoms with Crippen LogP contribution in [0.3, 0.4) is 0 Å². The number of primary amides is 1. The molecule has 29 heavy (non-hydrogen) atoms. The van der Waals surface area contributed by atoms with Gasteiger partial charge in [0.25, 0.3) is 11.8 Å². The monoisotopic (exact) mass is 414 g/mol. The molecule has 11 heteroatoms. The van der Waals surface area contributed by atoms with E-state index in [0.29, 0.717) is 0 Å². The van der Waals surface area contributed by atoms with Crippen molar-refractivity contribution in [2.75, 3.05) is 37.0 Å². The minimum Gasteiger partial charge on any atom is -0.370 e. The highest BCUT2D eigenvalue weighted by atomic mass is 19.4. The van der Waals surface area contributed by atoms with Crippen molar-refractivity contribution < 1.29 is 32.3 Å². The van der Waals surface area contributed by atoms with Crippen LogP contribution in [0.5, 0.6) is 0 Å². The number of nitrogens with zero attached hydrogens (tertiary/aromatic N) is 2. The summed E-state index contributed by atoms with van der Waals surface area (Å²) in [5.74, 6) is -2.28. The van der Waals surface area contributed by atoms with E-state index in [1.165, 1.54) is 11.0 Å². The number of carbonyl (C=O) groups excluding carboxylic acids is 3. The van der Waals surface area contributed by atoms with Gasteiger partial charge in [-0.1, -0.05) is 0 Å². The first-order chi connectivity index (χ1) is 13.6. The third kappa shape index (κ3) is 4.67. The molecule has 0 aromatic heterocycles. The molecule has 0 unspecified atom stereocenters. The lowest BCUT2D eigenvalue weighted by molar-refractivity contribution is -0.137. The molecule has 0 spiro atoms. The zero-order valence-corrected chi connectivity index (χ0v) is 15.7. The van der Waals surface area contributed by atoms with Crippen LogP contribution in [0.15, 0.2) is 18.2 Å².